The minimum atomic E-state index is -0.200. The quantitative estimate of drug-likeness (QED) is 0.911. The third kappa shape index (κ3) is 2.47. The van der Waals surface area contributed by atoms with Crippen molar-refractivity contribution in [1.82, 2.24) is 4.98 Å². The molecule has 0 aliphatic heterocycles. The molecule has 2 nitrogen and oxygen atoms in total. The van der Waals surface area contributed by atoms with Gasteiger partial charge < -0.3 is 5.11 Å². The van der Waals surface area contributed by atoms with Gasteiger partial charge in [0.1, 0.15) is 0 Å². The molecular formula is C15H17NOS. The molecule has 0 spiro atoms. The summed E-state index contributed by atoms with van der Waals surface area (Å²) in [5.41, 5.74) is 2.18. The summed E-state index contributed by atoms with van der Waals surface area (Å²) in [5, 5.41) is 13.2. The van der Waals surface area contributed by atoms with E-state index in [0.717, 1.165) is 16.3 Å². The molecule has 1 aliphatic carbocycles. The average molecular weight is 259 g/mol. The van der Waals surface area contributed by atoms with Crippen molar-refractivity contribution in [3.05, 3.63) is 40.7 Å². The van der Waals surface area contributed by atoms with E-state index in [4.69, 9.17) is 0 Å². The Hall–Kier alpha value is -1.19. The van der Waals surface area contributed by atoms with Crippen LogP contribution in [0.4, 0.5) is 0 Å². The zero-order valence-corrected chi connectivity index (χ0v) is 11.1. The van der Waals surface area contributed by atoms with Gasteiger partial charge in [-0.05, 0) is 18.8 Å². The second kappa shape index (κ2) is 5.21. The third-order valence-electron chi connectivity index (χ3n) is 3.70. The van der Waals surface area contributed by atoms with Crippen LogP contribution in [0.15, 0.2) is 35.7 Å². The SMILES string of the molecule is OC(Cc1nc(-c2ccccc2)cs1)C1CCC1. The lowest BCUT2D eigenvalue weighted by Gasteiger charge is -2.29. The van der Waals surface area contributed by atoms with Crippen molar-refractivity contribution < 1.29 is 5.11 Å². The summed E-state index contributed by atoms with van der Waals surface area (Å²) < 4.78 is 0. The van der Waals surface area contributed by atoms with Crippen molar-refractivity contribution in [1.29, 1.82) is 0 Å². The van der Waals surface area contributed by atoms with Gasteiger partial charge in [0.25, 0.3) is 0 Å². The van der Waals surface area contributed by atoms with Gasteiger partial charge in [0.05, 0.1) is 16.8 Å². The van der Waals surface area contributed by atoms with E-state index in [2.05, 4.69) is 22.5 Å². The van der Waals surface area contributed by atoms with E-state index in [1.54, 1.807) is 11.3 Å². The largest absolute Gasteiger partial charge is 0.392 e. The number of benzene rings is 1. The number of aliphatic hydroxyl groups is 1. The van der Waals surface area contributed by atoms with Gasteiger partial charge in [0, 0.05) is 17.4 Å². The van der Waals surface area contributed by atoms with Crippen LogP contribution in [0.1, 0.15) is 24.3 Å². The van der Waals surface area contributed by atoms with E-state index < -0.39 is 0 Å². The van der Waals surface area contributed by atoms with Crippen LogP contribution in [0.3, 0.4) is 0 Å². The fourth-order valence-corrected chi connectivity index (χ4v) is 3.17. The molecule has 0 amide bonds. The first-order chi connectivity index (χ1) is 8.83. The van der Waals surface area contributed by atoms with Crippen LogP contribution in [0.25, 0.3) is 11.3 Å². The highest BCUT2D eigenvalue weighted by atomic mass is 32.1. The summed E-state index contributed by atoms with van der Waals surface area (Å²) in [5.74, 6) is 0.508. The van der Waals surface area contributed by atoms with Gasteiger partial charge in [-0.15, -0.1) is 11.3 Å². The van der Waals surface area contributed by atoms with Crippen molar-refractivity contribution in [3.63, 3.8) is 0 Å². The van der Waals surface area contributed by atoms with Crippen LogP contribution in [-0.2, 0) is 6.42 Å². The molecule has 1 fully saturated rings. The van der Waals surface area contributed by atoms with Gasteiger partial charge in [-0.25, -0.2) is 4.98 Å². The van der Waals surface area contributed by atoms with Crippen molar-refractivity contribution in [2.75, 3.05) is 0 Å². The molecule has 0 saturated heterocycles. The number of aliphatic hydroxyl groups excluding tert-OH is 1. The summed E-state index contributed by atoms with van der Waals surface area (Å²) >= 11 is 1.65. The van der Waals surface area contributed by atoms with E-state index >= 15 is 0 Å². The van der Waals surface area contributed by atoms with Crippen LogP contribution in [0.2, 0.25) is 0 Å². The number of rotatable bonds is 4. The molecule has 0 bridgehead atoms. The summed E-state index contributed by atoms with van der Waals surface area (Å²) in [7, 11) is 0. The summed E-state index contributed by atoms with van der Waals surface area (Å²) in [6.45, 7) is 0. The first-order valence-corrected chi connectivity index (χ1v) is 7.39. The molecule has 1 heterocycles. The lowest BCUT2D eigenvalue weighted by Crippen LogP contribution is -2.28. The fourth-order valence-electron chi connectivity index (χ4n) is 2.32. The molecule has 1 unspecified atom stereocenters. The Balaban J connectivity index is 1.69. The average Bonchev–Trinajstić information content (AvgIpc) is 2.76. The Morgan fingerprint density at radius 3 is 2.72 bits per heavy atom. The maximum absolute atomic E-state index is 10.1. The van der Waals surface area contributed by atoms with Gasteiger partial charge in [0.15, 0.2) is 0 Å². The minimum absolute atomic E-state index is 0.200. The smallest absolute Gasteiger partial charge is 0.0958 e. The highest BCUT2D eigenvalue weighted by molar-refractivity contribution is 7.09. The predicted octanol–water partition coefficient (Wildman–Crippen LogP) is 3.51. The summed E-state index contributed by atoms with van der Waals surface area (Å²) in [6.07, 6.45) is 4.14. The molecule has 94 valence electrons. The first kappa shape index (κ1) is 11.9. The predicted molar refractivity (Wildman–Crippen MR) is 74.6 cm³/mol. The summed E-state index contributed by atoms with van der Waals surface area (Å²) in [6, 6.07) is 10.2. The normalized spacial score (nSPS) is 17.4. The lowest BCUT2D eigenvalue weighted by molar-refractivity contribution is 0.0630. The van der Waals surface area contributed by atoms with Crippen LogP contribution in [-0.4, -0.2) is 16.2 Å². The number of aromatic nitrogens is 1. The fraction of sp³-hybridized carbons (Fsp3) is 0.400. The molecule has 18 heavy (non-hydrogen) atoms. The van der Waals surface area contributed by atoms with E-state index in [9.17, 15) is 5.11 Å². The summed E-state index contributed by atoms with van der Waals surface area (Å²) in [4.78, 5) is 4.62. The van der Waals surface area contributed by atoms with Crippen molar-refractivity contribution in [2.24, 2.45) is 5.92 Å². The zero-order chi connectivity index (χ0) is 12.4. The molecule has 1 N–H and O–H groups in total. The zero-order valence-electron chi connectivity index (χ0n) is 10.2. The van der Waals surface area contributed by atoms with E-state index in [1.807, 2.05) is 18.2 Å². The highest BCUT2D eigenvalue weighted by Crippen LogP contribution is 2.32. The molecule has 2 aromatic rings. The molecule has 3 heteroatoms. The van der Waals surface area contributed by atoms with Crippen molar-refractivity contribution in [3.8, 4) is 11.3 Å². The topological polar surface area (TPSA) is 33.1 Å². The van der Waals surface area contributed by atoms with Crippen LogP contribution in [0, 0.1) is 5.92 Å². The van der Waals surface area contributed by atoms with E-state index in [1.165, 1.54) is 19.3 Å². The Kier molecular flexibility index (Phi) is 3.43. The van der Waals surface area contributed by atoms with E-state index in [-0.39, 0.29) is 6.10 Å². The Bertz CT molecular complexity index is 504. The Morgan fingerprint density at radius 1 is 1.28 bits per heavy atom. The van der Waals surface area contributed by atoms with Crippen LogP contribution >= 0.6 is 11.3 Å². The van der Waals surface area contributed by atoms with Crippen LogP contribution < -0.4 is 0 Å². The number of hydrogen-bond donors (Lipinski definition) is 1. The molecule has 1 aromatic heterocycles. The minimum Gasteiger partial charge on any atom is -0.392 e. The second-order valence-corrected chi connectivity index (χ2v) is 5.90. The molecule has 1 aromatic carbocycles. The van der Waals surface area contributed by atoms with Gasteiger partial charge in [-0.1, -0.05) is 36.8 Å². The molecule has 1 atom stereocenters. The first-order valence-electron chi connectivity index (χ1n) is 6.51. The Morgan fingerprint density at radius 2 is 2.06 bits per heavy atom. The number of nitrogens with zero attached hydrogens (tertiary/aromatic N) is 1. The second-order valence-electron chi connectivity index (χ2n) is 4.95. The highest BCUT2D eigenvalue weighted by Gasteiger charge is 2.26. The molecule has 3 rings (SSSR count). The van der Waals surface area contributed by atoms with Crippen LogP contribution in [0.5, 0.6) is 0 Å². The monoisotopic (exact) mass is 259 g/mol. The van der Waals surface area contributed by atoms with Gasteiger partial charge >= 0.3 is 0 Å². The standard InChI is InChI=1S/C15H17NOS/c17-14(12-7-4-8-12)9-15-16-13(10-18-15)11-5-2-1-3-6-11/h1-3,5-6,10,12,14,17H,4,7-9H2. The third-order valence-corrected chi connectivity index (χ3v) is 4.57. The van der Waals surface area contributed by atoms with E-state index in [0.29, 0.717) is 12.3 Å². The maximum atomic E-state index is 10.1. The number of hydrogen-bond acceptors (Lipinski definition) is 3. The van der Waals surface area contributed by atoms with Crippen molar-refractivity contribution in [2.45, 2.75) is 31.8 Å². The number of thiazole rings is 1. The van der Waals surface area contributed by atoms with Gasteiger partial charge in [0.2, 0.25) is 0 Å². The molecule has 0 radical (unpaired) electrons. The molecule has 1 aliphatic rings. The Labute approximate surface area is 111 Å². The van der Waals surface area contributed by atoms with Gasteiger partial charge in [-0.3, -0.25) is 0 Å². The molecular weight excluding hydrogens is 242 g/mol. The lowest BCUT2D eigenvalue weighted by atomic mass is 9.80. The van der Waals surface area contributed by atoms with Crippen molar-refractivity contribution >= 4 is 11.3 Å². The van der Waals surface area contributed by atoms with Gasteiger partial charge in [-0.2, -0.15) is 0 Å². The molecule has 1 saturated carbocycles. The maximum Gasteiger partial charge on any atom is 0.0958 e.